The van der Waals surface area contributed by atoms with Crippen molar-refractivity contribution in [1.82, 2.24) is 9.55 Å². The minimum Gasteiger partial charge on any atom is -0.435 e. The lowest BCUT2D eigenvalue weighted by molar-refractivity contribution is -0.113. The molecule has 3 aromatic rings. The first kappa shape index (κ1) is 21.8. The molecular weight excluding hydrogens is 412 g/mol. The lowest BCUT2D eigenvalue weighted by Crippen LogP contribution is -2.24. The predicted octanol–water partition coefficient (Wildman–Crippen LogP) is 4.53. The van der Waals surface area contributed by atoms with Crippen LogP contribution in [0.3, 0.4) is 0 Å². The second kappa shape index (κ2) is 10.2. The van der Waals surface area contributed by atoms with E-state index < -0.39 is 6.61 Å². The molecule has 30 heavy (non-hydrogen) atoms. The number of nitrogens with zero attached hydrogens (tertiary/aromatic N) is 2. The van der Waals surface area contributed by atoms with Gasteiger partial charge in [0.05, 0.1) is 16.7 Å². The van der Waals surface area contributed by atoms with Crippen molar-refractivity contribution in [1.29, 1.82) is 0 Å². The van der Waals surface area contributed by atoms with Gasteiger partial charge < -0.3 is 10.1 Å². The summed E-state index contributed by atoms with van der Waals surface area (Å²) in [5.74, 6) is -0.240. The Morgan fingerprint density at radius 2 is 1.93 bits per heavy atom. The van der Waals surface area contributed by atoms with Crippen molar-refractivity contribution in [2.75, 3.05) is 11.1 Å². The Hall–Kier alpha value is -2.94. The Labute approximate surface area is 176 Å². The summed E-state index contributed by atoms with van der Waals surface area (Å²) in [6.45, 7) is -0.332. The molecule has 1 amide bonds. The Kier molecular flexibility index (Phi) is 7.40. The lowest BCUT2D eigenvalue weighted by Gasteiger charge is -2.13. The van der Waals surface area contributed by atoms with Gasteiger partial charge in [0.1, 0.15) is 5.75 Å². The molecule has 0 unspecified atom stereocenters. The number of unbranched alkanes of at least 4 members (excludes halogenated alkanes) is 1. The zero-order valence-corrected chi connectivity index (χ0v) is 17.1. The van der Waals surface area contributed by atoms with Gasteiger partial charge in [0.15, 0.2) is 5.16 Å². The number of rotatable bonds is 9. The Morgan fingerprint density at radius 3 is 2.63 bits per heavy atom. The van der Waals surface area contributed by atoms with Gasteiger partial charge in [0.2, 0.25) is 5.91 Å². The lowest BCUT2D eigenvalue weighted by atomic mass is 10.2. The van der Waals surface area contributed by atoms with Crippen molar-refractivity contribution in [2.24, 2.45) is 0 Å². The van der Waals surface area contributed by atoms with Gasteiger partial charge in [0.25, 0.3) is 5.56 Å². The highest BCUT2D eigenvalue weighted by Crippen LogP contribution is 2.20. The van der Waals surface area contributed by atoms with Gasteiger partial charge in [-0.3, -0.25) is 14.2 Å². The number of carbonyl (C=O) groups is 1. The number of nitrogens with one attached hydrogen (secondary N) is 1. The fourth-order valence-corrected chi connectivity index (χ4v) is 3.64. The number of anilines is 1. The molecule has 0 radical (unpaired) electrons. The topological polar surface area (TPSA) is 73.2 Å². The molecule has 0 aliphatic heterocycles. The number of aromatic nitrogens is 2. The van der Waals surface area contributed by atoms with E-state index in [2.05, 4.69) is 15.0 Å². The number of hydrogen-bond donors (Lipinski definition) is 1. The molecule has 0 aliphatic carbocycles. The average Bonchev–Trinajstić information content (AvgIpc) is 2.73. The molecule has 1 heterocycles. The maximum atomic E-state index is 12.8. The zero-order valence-electron chi connectivity index (χ0n) is 16.3. The molecule has 1 N–H and O–H groups in total. The van der Waals surface area contributed by atoms with E-state index in [1.165, 1.54) is 36.0 Å². The summed E-state index contributed by atoms with van der Waals surface area (Å²) < 4.78 is 30.3. The van der Waals surface area contributed by atoms with Crippen LogP contribution in [-0.4, -0.2) is 27.8 Å². The number of fused-ring (bicyclic) bond motifs is 1. The number of hydrogen-bond acceptors (Lipinski definition) is 5. The summed E-state index contributed by atoms with van der Waals surface area (Å²) in [5, 5.41) is 3.73. The summed E-state index contributed by atoms with van der Waals surface area (Å²) >= 11 is 1.18. The van der Waals surface area contributed by atoms with Crippen molar-refractivity contribution >= 4 is 34.3 Å². The molecule has 0 saturated heterocycles. The number of benzene rings is 2. The number of halogens is 2. The van der Waals surface area contributed by atoms with Crippen molar-refractivity contribution in [3.8, 4) is 5.75 Å². The van der Waals surface area contributed by atoms with Crippen LogP contribution in [0.15, 0.2) is 58.5 Å². The fourth-order valence-electron chi connectivity index (χ4n) is 2.82. The van der Waals surface area contributed by atoms with E-state index in [1.807, 2.05) is 13.0 Å². The van der Waals surface area contributed by atoms with E-state index in [0.717, 1.165) is 12.8 Å². The number of thioether (sulfide) groups is 1. The predicted molar refractivity (Wildman–Crippen MR) is 113 cm³/mol. The standard InChI is InChI=1S/C21H21F2N3O3S/c1-2-3-12-26-19(28)16-6-4-5-7-17(16)25-21(26)30-13-18(27)24-14-8-10-15(11-9-14)29-20(22)23/h4-11,20H,2-3,12-13H2,1H3,(H,24,27). The first-order valence-corrected chi connectivity index (χ1v) is 10.4. The van der Waals surface area contributed by atoms with E-state index in [0.29, 0.717) is 28.3 Å². The molecular formula is C21H21F2N3O3S. The van der Waals surface area contributed by atoms with E-state index in [9.17, 15) is 18.4 Å². The van der Waals surface area contributed by atoms with Crippen molar-refractivity contribution < 1.29 is 18.3 Å². The van der Waals surface area contributed by atoms with Crippen molar-refractivity contribution in [2.45, 2.75) is 38.1 Å². The molecule has 3 rings (SSSR count). The van der Waals surface area contributed by atoms with E-state index in [4.69, 9.17) is 0 Å². The Morgan fingerprint density at radius 1 is 1.20 bits per heavy atom. The molecule has 9 heteroatoms. The highest BCUT2D eigenvalue weighted by Gasteiger charge is 2.13. The van der Waals surface area contributed by atoms with Crippen LogP contribution in [0.2, 0.25) is 0 Å². The first-order chi connectivity index (χ1) is 14.5. The molecule has 6 nitrogen and oxygen atoms in total. The van der Waals surface area contributed by atoms with Crippen LogP contribution in [0, 0.1) is 0 Å². The second-order valence-corrected chi connectivity index (χ2v) is 7.40. The summed E-state index contributed by atoms with van der Waals surface area (Å²) in [7, 11) is 0. The number of amides is 1. The van der Waals surface area contributed by atoms with Crippen molar-refractivity contribution in [3.05, 3.63) is 58.9 Å². The Balaban J connectivity index is 1.71. The molecule has 1 aromatic heterocycles. The van der Waals surface area contributed by atoms with Crippen LogP contribution in [0.5, 0.6) is 5.75 Å². The molecule has 0 spiro atoms. The molecule has 2 aromatic carbocycles. The average molecular weight is 433 g/mol. The third-order valence-corrected chi connectivity index (χ3v) is 5.23. The summed E-state index contributed by atoms with van der Waals surface area (Å²) in [6.07, 6.45) is 1.75. The van der Waals surface area contributed by atoms with Crippen LogP contribution in [0.4, 0.5) is 14.5 Å². The third-order valence-electron chi connectivity index (χ3n) is 4.26. The molecule has 0 bridgehead atoms. The second-order valence-electron chi connectivity index (χ2n) is 6.46. The SMILES string of the molecule is CCCCn1c(SCC(=O)Nc2ccc(OC(F)F)cc2)nc2ccccc2c1=O. The molecule has 0 aliphatic rings. The summed E-state index contributed by atoms with van der Waals surface area (Å²) in [5.41, 5.74) is 0.927. The minimum absolute atomic E-state index is 0.0117. The minimum atomic E-state index is -2.90. The molecule has 0 saturated carbocycles. The zero-order chi connectivity index (χ0) is 21.5. The number of ether oxygens (including phenoxy) is 1. The summed E-state index contributed by atoms with van der Waals surface area (Å²) in [6, 6.07) is 12.8. The largest absolute Gasteiger partial charge is 0.435 e. The molecule has 0 fully saturated rings. The van der Waals surface area contributed by atoms with Gasteiger partial charge in [0, 0.05) is 12.2 Å². The highest BCUT2D eigenvalue weighted by atomic mass is 32.2. The summed E-state index contributed by atoms with van der Waals surface area (Å²) in [4.78, 5) is 29.7. The smallest absolute Gasteiger partial charge is 0.387 e. The van der Waals surface area contributed by atoms with Gasteiger partial charge in [-0.2, -0.15) is 8.78 Å². The Bertz CT molecular complexity index is 1070. The van der Waals surface area contributed by atoms with Crippen LogP contribution >= 0.6 is 11.8 Å². The van der Waals surface area contributed by atoms with Crippen molar-refractivity contribution in [3.63, 3.8) is 0 Å². The fraction of sp³-hybridized carbons (Fsp3) is 0.286. The number of carbonyl (C=O) groups excluding carboxylic acids is 1. The number of alkyl halides is 2. The quantitative estimate of drug-likeness (QED) is 0.397. The van der Waals surface area contributed by atoms with Crippen LogP contribution < -0.4 is 15.6 Å². The van der Waals surface area contributed by atoms with Gasteiger partial charge in [-0.25, -0.2) is 4.98 Å². The van der Waals surface area contributed by atoms with E-state index in [-0.39, 0.29) is 23.0 Å². The maximum Gasteiger partial charge on any atom is 0.387 e. The van der Waals surface area contributed by atoms with E-state index in [1.54, 1.807) is 22.8 Å². The van der Waals surface area contributed by atoms with Gasteiger partial charge in [-0.05, 0) is 42.8 Å². The van der Waals surface area contributed by atoms with Crippen LogP contribution in [-0.2, 0) is 11.3 Å². The highest BCUT2D eigenvalue weighted by molar-refractivity contribution is 7.99. The maximum absolute atomic E-state index is 12.8. The normalized spacial score (nSPS) is 11.1. The van der Waals surface area contributed by atoms with Gasteiger partial charge in [-0.1, -0.05) is 37.2 Å². The van der Waals surface area contributed by atoms with Gasteiger partial charge in [-0.15, -0.1) is 0 Å². The third kappa shape index (κ3) is 5.56. The molecule has 158 valence electrons. The monoisotopic (exact) mass is 433 g/mol. The van der Waals surface area contributed by atoms with Gasteiger partial charge >= 0.3 is 6.61 Å². The van der Waals surface area contributed by atoms with Crippen LogP contribution in [0.1, 0.15) is 19.8 Å². The number of para-hydroxylation sites is 1. The molecule has 0 atom stereocenters. The van der Waals surface area contributed by atoms with E-state index >= 15 is 0 Å². The van der Waals surface area contributed by atoms with Crippen LogP contribution in [0.25, 0.3) is 10.9 Å². The first-order valence-electron chi connectivity index (χ1n) is 9.45.